The van der Waals surface area contributed by atoms with Crippen LogP contribution in [0.4, 0.5) is 5.00 Å². The zero-order chi connectivity index (χ0) is 24.7. The van der Waals surface area contributed by atoms with Crippen LogP contribution in [0.25, 0.3) is 0 Å². The molecule has 1 aromatic heterocycles. The van der Waals surface area contributed by atoms with Crippen molar-refractivity contribution in [1.29, 1.82) is 5.26 Å². The standard InChI is InChI=1S/C30H27N3O2S/c1-34-28-16-24(12-13-27(28)35-21-23-10-6-3-7-11-23)18-32-30-26(17-31)25-14-15-33(20-29(25)36-30)19-22-8-4-2-5-9-22/h2-13,16,18H,14-15,19-21H2,1H3. The number of ether oxygens (including phenoxy) is 2. The summed E-state index contributed by atoms with van der Waals surface area (Å²) in [4.78, 5) is 8.39. The number of aliphatic imine (C=N–C) groups is 1. The molecule has 0 bridgehead atoms. The molecule has 0 saturated heterocycles. The molecule has 0 spiro atoms. The average Bonchev–Trinajstić information content (AvgIpc) is 3.28. The van der Waals surface area contributed by atoms with Gasteiger partial charge in [0.1, 0.15) is 17.7 Å². The highest BCUT2D eigenvalue weighted by molar-refractivity contribution is 7.16. The molecule has 36 heavy (non-hydrogen) atoms. The predicted molar refractivity (Wildman–Crippen MR) is 144 cm³/mol. The smallest absolute Gasteiger partial charge is 0.161 e. The number of methoxy groups -OCH3 is 1. The lowest BCUT2D eigenvalue weighted by Crippen LogP contribution is -2.29. The van der Waals surface area contributed by atoms with Crippen LogP contribution >= 0.6 is 11.3 Å². The van der Waals surface area contributed by atoms with Gasteiger partial charge in [-0.2, -0.15) is 5.26 Å². The Morgan fingerprint density at radius 3 is 2.47 bits per heavy atom. The van der Waals surface area contributed by atoms with Gasteiger partial charge in [-0.1, -0.05) is 60.7 Å². The molecule has 0 unspecified atom stereocenters. The summed E-state index contributed by atoms with van der Waals surface area (Å²) in [5.74, 6) is 1.33. The van der Waals surface area contributed by atoms with Gasteiger partial charge in [0, 0.05) is 30.7 Å². The minimum atomic E-state index is 0.470. The number of hydrogen-bond donors (Lipinski definition) is 0. The van der Waals surface area contributed by atoms with E-state index in [0.29, 0.717) is 23.7 Å². The summed E-state index contributed by atoms with van der Waals surface area (Å²) >= 11 is 1.62. The molecule has 3 aromatic carbocycles. The van der Waals surface area contributed by atoms with E-state index in [1.54, 1.807) is 24.7 Å². The first-order valence-corrected chi connectivity index (χ1v) is 12.7. The fraction of sp³-hybridized carbons (Fsp3) is 0.200. The summed E-state index contributed by atoms with van der Waals surface area (Å²) in [7, 11) is 1.63. The normalized spacial score (nSPS) is 13.3. The largest absolute Gasteiger partial charge is 0.493 e. The highest BCUT2D eigenvalue weighted by atomic mass is 32.1. The first-order valence-electron chi connectivity index (χ1n) is 11.9. The minimum absolute atomic E-state index is 0.470. The maximum absolute atomic E-state index is 9.87. The van der Waals surface area contributed by atoms with E-state index in [1.807, 2.05) is 54.6 Å². The Morgan fingerprint density at radius 1 is 1.00 bits per heavy atom. The van der Waals surface area contributed by atoms with Crippen LogP contribution in [0.1, 0.15) is 32.7 Å². The Bertz CT molecular complexity index is 1390. The van der Waals surface area contributed by atoms with Gasteiger partial charge in [-0.15, -0.1) is 11.3 Å². The van der Waals surface area contributed by atoms with Gasteiger partial charge in [0.05, 0.1) is 12.7 Å². The van der Waals surface area contributed by atoms with Crippen molar-refractivity contribution in [3.8, 4) is 17.6 Å². The minimum Gasteiger partial charge on any atom is -0.493 e. The second kappa shape index (κ2) is 11.2. The van der Waals surface area contributed by atoms with Crippen LogP contribution < -0.4 is 9.47 Å². The first-order chi connectivity index (χ1) is 17.7. The van der Waals surface area contributed by atoms with Crippen molar-refractivity contribution in [3.63, 3.8) is 0 Å². The van der Waals surface area contributed by atoms with Crippen LogP contribution in [-0.2, 0) is 26.1 Å². The van der Waals surface area contributed by atoms with Crippen LogP contribution in [0.2, 0.25) is 0 Å². The van der Waals surface area contributed by atoms with Crippen LogP contribution in [0.3, 0.4) is 0 Å². The maximum Gasteiger partial charge on any atom is 0.161 e. The third-order valence-electron chi connectivity index (χ3n) is 6.23. The van der Waals surface area contributed by atoms with Crippen molar-refractivity contribution < 1.29 is 9.47 Å². The molecule has 180 valence electrons. The van der Waals surface area contributed by atoms with Gasteiger partial charge in [-0.3, -0.25) is 4.90 Å². The Kier molecular flexibility index (Phi) is 7.41. The van der Waals surface area contributed by atoms with Crippen molar-refractivity contribution in [2.45, 2.75) is 26.1 Å². The summed E-state index contributed by atoms with van der Waals surface area (Å²) in [6.07, 6.45) is 2.67. The van der Waals surface area contributed by atoms with Gasteiger partial charge in [-0.25, -0.2) is 4.99 Å². The van der Waals surface area contributed by atoms with Crippen molar-refractivity contribution in [3.05, 3.63) is 112 Å². The lowest BCUT2D eigenvalue weighted by Gasteiger charge is -2.26. The van der Waals surface area contributed by atoms with E-state index in [9.17, 15) is 5.26 Å². The zero-order valence-corrected chi connectivity index (χ0v) is 21.0. The topological polar surface area (TPSA) is 57.8 Å². The molecule has 0 atom stereocenters. The molecule has 2 heterocycles. The van der Waals surface area contributed by atoms with E-state index < -0.39 is 0 Å². The van der Waals surface area contributed by atoms with Gasteiger partial charge < -0.3 is 9.47 Å². The molecule has 5 nitrogen and oxygen atoms in total. The van der Waals surface area contributed by atoms with Gasteiger partial charge in [0.25, 0.3) is 0 Å². The van der Waals surface area contributed by atoms with Gasteiger partial charge >= 0.3 is 0 Å². The lowest BCUT2D eigenvalue weighted by molar-refractivity contribution is 0.249. The fourth-order valence-electron chi connectivity index (χ4n) is 4.38. The van der Waals surface area contributed by atoms with Gasteiger partial charge in [0.15, 0.2) is 11.5 Å². The van der Waals surface area contributed by atoms with Gasteiger partial charge in [0.2, 0.25) is 0 Å². The van der Waals surface area contributed by atoms with Gasteiger partial charge in [-0.05, 0) is 46.9 Å². The number of benzene rings is 3. The first kappa shape index (κ1) is 23.8. The molecule has 6 heteroatoms. The lowest BCUT2D eigenvalue weighted by atomic mass is 10.0. The number of fused-ring (bicyclic) bond motifs is 1. The van der Waals surface area contributed by atoms with Crippen molar-refractivity contribution in [2.24, 2.45) is 4.99 Å². The number of nitriles is 1. The van der Waals surface area contributed by atoms with Crippen molar-refractivity contribution in [1.82, 2.24) is 4.90 Å². The molecular formula is C30H27N3O2S. The summed E-state index contributed by atoms with van der Waals surface area (Å²) in [6.45, 7) is 3.17. The molecule has 0 amide bonds. The van der Waals surface area contributed by atoms with Crippen molar-refractivity contribution >= 4 is 22.6 Å². The van der Waals surface area contributed by atoms with E-state index >= 15 is 0 Å². The molecular weight excluding hydrogens is 466 g/mol. The van der Waals surface area contributed by atoms with Crippen molar-refractivity contribution in [2.75, 3.05) is 13.7 Å². The Labute approximate surface area is 215 Å². The second-order valence-corrected chi connectivity index (χ2v) is 9.77. The zero-order valence-electron chi connectivity index (χ0n) is 20.2. The van der Waals surface area contributed by atoms with Crippen LogP contribution in [0.5, 0.6) is 11.5 Å². The molecule has 0 N–H and O–H groups in total. The van der Waals surface area contributed by atoms with E-state index in [0.717, 1.165) is 47.7 Å². The Balaban J connectivity index is 1.30. The maximum atomic E-state index is 9.87. The summed E-state index contributed by atoms with van der Waals surface area (Å²) in [5, 5.41) is 10.6. The number of hydrogen-bond acceptors (Lipinski definition) is 6. The Morgan fingerprint density at radius 2 is 1.75 bits per heavy atom. The molecule has 0 fully saturated rings. The number of rotatable bonds is 8. The highest BCUT2D eigenvalue weighted by Gasteiger charge is 2.24. The molecule has 0 radical (unpaired) electrons. The molecule has 1 aliphatic rings. The third kappa shape index (κ3) is 5.49. The highest BCUT2D eigenvalue weighted by Crippen LogP contribution is 2.39. The summed E-state index contributed by atoms with van der Waals surface area (Å²) in [6, 6.07) is 28.7. The molecule has 0 saturated carbocycles. The summed E-state index contributed by atoms with van der Waals surface area (Å²) in [5.41, 5.74) is 5.15. The number of nitrogens with zero attached hydrogens (tertiary/aromatic N) is 3. The van der Waals surface area contributed by atoms with E-state index in [-0.39, 0.29) is 0 Å². The van der Waals surface area contributed by atoms with E-state index in [2.05, 4.69) is 35.2 Å². The molecule has 1 aliphatic heterocycles. The summed E-state index contributed by atoms with van der Waals surface area (Å²) < 4.78 is 11.5. The molecule has 5 rings (SSSR count). The van der Waals surface area contributed by atoms with Crippen LogP contribution in [-0.4, -0.2) is 24.8 Å². The predicted octanol–water partition coefficient (Wildman–Crippen LogP) is 6.52. The SMILES string of the molecule is COc1cc(C=Nc2sc3c(c2C#N)CCN(Cc2ccccc2)C3)ccc1OCc1ccccc1. The molecule has 4 aromatic rings. The fourth-order valence-corrected chi connectivity index (χ4v) is 5.56. The average molecular weight is 494 g/mol. The Hall–Kier alpha value is -3.92. The van der Waals surface area contributed by atoms with E-state index in [4.69, 9.17) is 14.5 Å². The third-order valence-corrected chi connectivity index (χ3v) is 7.36. The molecule has 0 aliphatic carbocycles. The van der Waals surface area contributed by atoms with Crippen LogP contribution in [0, 0.1) is 11.3 Å². The second-order valence-electron chi connectivity index (χ2n) is 8.68. The van der Waals surface area contributed by atoms with Crippen LogP contribution in [0.15, 0.2) is 83.9 Å². The van der Waals surface area contributed by atoms with E-state index in [1.165, 1.54) is 10.4 Å². The quantitative estimate of drug-likeness (QED) is 0.262. The number of thiophene rings is 1. The monoisotopic (exact) mass is 493 g/mol.